The van der Waals surface area contributed by atoms with Gasteiger partial charge in [0, 0.05) is 25.7 Å². The van der Waals surface area contributed by atoms with E-state index in [4.69, 9.17) is 37.0 Å². The summed E-state index contributed by atoms with van der Waals surface area (Å²) in [6, 6.07) is 0. The zero-order chi connectivity index (χ0) is 63.6. The molecule has 0 aliphatic carbocycles. The van der Waals surface area contributed by atoms with E-state index in [0.717, 1.165) is 108 Å². The Bertz CT molecular complexity index is 1680. The van der Waals surface area contributed by atoms with Gasteiger partial charge in [0.15, 0.2) is 12.2 Å². The van der Waals surface area contributed by atoms with Crippen molar-refractivity contribution in [3.63, 3.8) is 0 Å². The van der Waals surface area contributed by atoms with Gasteiger partial charge in [0.05, 0.1) is 26.4 Å². The third-order valence-electron chi connectivity index (χ3n) is 15.5. The van der Waals surface area contributed by atoms with Crippen molar-refractivity contribution in [1.82, 2.24) is 0 Å². The van der Waals surface area contributed by atoms with E-state index in [1.807, 2.05) is 0 Å². The summed E-state index contributed by atoms with van der Waals surface area (Å²) in [5.41, 5.74) is 0. The number of carbonyl (C=O) groups excluding carboxylic acids is 4. The van der Waals surface area contributed by atoms with E-state index in [0.29, 0.717) is 25.7 Å². The first-order valence-electron chi connectivity index (χ1n) is 35.0. The van der Waals surface area contributed by atoms with Crippen LogP contribution in [0.2, 0.25) is 0 Å². The normalized spacial score (nSPS) is 14.2. The van der Waals surface area contributed by atoms with Crippen LogP contribution in [-0.4, -0.2) is 96.7 Å². The molecule has 3 N–H and O–H groups in total. The van der Waals surface area contributed by atoms with Crippen LogP contribution in [0.3, 0.4) is 0 Å². The molecule has 0 spiro atoms. The summed E-state index contributed by atoms with van der Waals surface area (Å²) in [6.07, 6.45) is 43.4. The standard InChI is InChI=1S/C67H130O17P2/c1-7-9-11-13-14-15-16-18-22-27-32-38-44-50-65(70)78-56-63(84-66(71)51-45-39-33-28-23-20-17-19-21-25-30-36-41-47-59(3)4)58-82-86(75,76)80-54-61(68)53-79-85(73,74)81-57-62(55-77-64(69)49-43-35-12-10-8-2)83-67(72)52-46-40-34-29-24-26-31-37-42-48-60(5)6/h59-63,68H,7-58H2,1-6H3,(H,73,74)(H,75,76)/t61-,62+,63+/m0/s1. The Labute approximate surface area is 524 Å². The number of hydrogen-bond donors (Lipinski definition) is 3. The summed E-state index contributed by atoms with van der Waals surface area (Å²) >= 11 is 0. The SMILES string of the molecule is CCCCCCCCCCCCCCCC(=O)OC[C@H](COP(=O)(O)OC[C@@H](O)COP(=O)(O)OC[C@@H](COC(=O)CCCCCCC)OC(=O)CCCCCCCCCCCC(C)C)OC(=O)CCCCCCCCCCCCCCCC(C)C. The number of aliphatic hydroxyl groups excluding tert-OH is 1. The highest BCUT2D eigenvalue weighted by Gasteiger charge is 2.30. The minimum absolute atomic E-state index is 0.104. The first-order valence-corrected chi connectivity index (χ1v) is 38.0. The fourth-order valence-corrected chi connectivity index (χ4v) is 11.6. The lowest BCUT2D eigenvalue weighted by molar-refractivity contribution is -0.161. The predicted octanol–water partition coefficient (Wildman–Crippen LogP) is 18.8. The molecular weight excluding hydrogens is 1140 g/mol. The van der Waals surface area contributed by atoms with Crippen LogP contribution in [0.1, 0.15) is 337 Å². The summed E-state index contributed by atoms with van der Waals surface area (Å²) in [5, 5.41) is 10.5. The molecule has 0 saturated carbocycles. The van der Waals surface area contributed by atoms with Crippen LogP contribution in [0.4, 0.5) is 0 Å². The van der Waals surface area contributed by atoms with Gasteiger partial charge >= 0.3 is 39.5 Å². The second-order valence-corrected chi connectivity index (χ2v) is 28.1. The van der Waals surface area contributed by atoms with Crippen LogP contribution in [0.25, 0.3) is 0 Å². The monoisotopic (exact) mass is 1270 g/mol. The number of hydrogen-bond acceptors (Lipinski definition) is 15. The fourth-order valence-electron chi connectivity index (χ4n) is 10.1. The highest BCUT2D eigenvalue weighted by atomic mass is 31.2. The lowest BCUT2D eigenvalue weighted by atomic mass is 10.0. The van der Waals surface area contributed by atoms with Crippen molar-refractivity contribution < 1.29 is 80.2 Å². The van der Waals surface area contributed by atoms with Crippen LogP contribution >= 0.6 is 15.6 Å². The Hall–Kier alpha value is -1.94. The van der Waals surface area contributed by atoms with Gasteiger partial charge in [-0.3, -0.25) is 37.3 Å². The Balaban J connectivity index is 5.17. The van der Waals surface area contributed by atoms with Gasteiger partial charge in [0.1, 0.15) is 19.3 Å². The number of rotatable bonds is 66. The number of ether oxygens (including phenoxy) is 4. The van der Waals surface area contributed by atoms with Crippen molar-refractivity contribution >= 4 is 39.5 Å². The Morgan fingerprint density at radius 2 is 0.535 bits per heavy atom. The molecule has 5 atom stereocenters. The van der Waals surface area contributed by atoms with Crippen LogP contribution < -0.4 is 0 Å². The molecule has 0 amide bonds. The summed E-state index contributed by atoms with van der Waals surface area (Å²) < 4.78 is 68.0. The van der Waals surface area contributed by atoms with E-state index < -0.39 is 97.5 Å². The number of aliphatic hydroxyl groups is 1. The van der Waals surface area contributed by atoms with Crippen molar-refractivity contribution in [2.24, 2.45) is 11.8 Å². The van der Waals surface area contributed by atoms with Gasteiger partial charge in [0.25, 0.3) is 0 Å². The molecule has 0 fully saturated rings. The van der Waals surface area contributed by atoms with Crippen molar-refractivity contribution in [2.45, 2.75) is 355 Å². The van der Waals surface area contributed by atoms with E-state index in [1.165, 1.54) is 148 Å². The number of carbonyl (C=O) groups is 4. The average molecular weight is 1270 g/mol. The minimum atomic E-state index is -4.95. The van der Waals surface area contributed by atoms with Gasteiger partial charge in [-0.2, -0.15) is 0 Å². The highest BCUT2D eigenvalue weighted by molar-refractivity contribution is 7.47. The first-order chi connectivity index (χ1) is 41.4. The lowest BCUT2D eigenvalue weighted by Gasteiger charge is -2.21. The van der Waals surface area contributed by atoms with Gasteiger partial charge in [-0.1, -0.05) is 286 Å². The quantitative estimate of drug-likeness (QED) is 0.0222. The maximum atomic E-state index is 13.0. The minimum Gasteiger partial charge on any atom is -0.462 e. The number of phosphoric acid groups is 2. The zero-order valence-corrected chi connectivity index (χ0v) is 57.4. The van der Waals surface area contributed by atoms with Crippen molar-refractivity contribution in [2.75, 3.05) is 39.6 Å². The molecule has 0 saturated heterocycles. The van der Waals surface area contributed by atoms with Crippen LogP contribution in [0.15, 0.2) is 0 Å². The van der Waals surface area contributed by atoms with E-state index >= 15 is 0 Å². The number of esters is 4. The second kappa shape index (κ2) is 59.4. The third kappa shape index (κ3) is 60.9. The molecule has 0 radical (unpaired) electrons. The molecule has 510 valence electrons. The molecule has 0 aliphatic heterocycles. The molecular formula is C67H130O17P2. The summed E-state index contributed by atoms with van der Waals surface area (Å²) in [4.78, 5) is 72.1. The Kier molecular flexibility index (Phi) is 58.0. The Morgan fingerprint density at radius 3 is 0.791 bits per heavy atom. The summed E-state index contributed by atoms with van der Waals surface area (Å²) in [7, 11) is -9.89. The largest absolute Gasteiger partial charge is 0.472 e. The number of unbranched alkanes of at least 4 members (excludes halogenated alkanes) is 36. The van der Waals surface area contributed by atoms with Crippen molar-refractivity contribution in [3.05, 3.63) is 0 Å². The van der Waals surface area contributed by atoms with E-state index in [1.54, 1.807) is 0 Å². The van der Waals surface area contributed by atoms with Gasteiger partial charge in [-0.15, -0.1) is 0 Å². The van der Waals surface area contributed by atoms with E-state index in [2.05, 4.69) is 41.5 Å². The molecule has 17 nitrogen and oxygen atoms in total. The second-order valence-electron chi connectivity index (χ2n) is 25.2. The molecule has 0 aromatic carbocycles. The predicted molar refractivity (Wildman–Crippen MR) is 345 cm³/mol. The van der Waals surface area contributed by atoms with Gasteiger partial charge in [-0.05, 0) is 37.5 Å². The molecule has 0 aliphatic rings. The third-order valence-corrected chi connectivity index (χ3v) is 17.4. The molecule has 0 aromatic heterocycles. The first kappa shape index (κ1) is 84.1. The van der Waals surface area contributed by atoms with Crippen LogP contribution in [0.5, 0.6) is 0 Å². The Morgan fingerprint density at radius 1 is 0.314 bits per heavy atom. The molecule has 2 unspecified atom stereocenters. The lowest BCUT2D eigenvalue weighted by Crippen LogP contribution is -2.30. The maximum Gasteiger partial charge on any atom is 0.472 e. The van der Waals surface area contributed by atoms with Gasteiger partial charge < -0.3 is 33.8 Å². The smallest absolute Gasteiger partial charge is 0.462 e. The van der Waals surface area contributed by atoms with E-state index in [-0.39, 0.29) is 25.7 Å². The van der Waals surface area contributed by atoms with Crippen LogP contribution in [0, 0.1) is 11.8 Å². The van der Waals surface area contributed by atoms with Crippen molar-refractivity contribution in [1.29, 1.82) is 0 Å². The summed E-state index contributed by atoms with van der Waals surface area (Å²) in [6.45, 7) is 9.43. The van der Waals surface area contributed by atoms with E-state index in [9.17, 15) is 43.2 Å². The maximum absolute atomic E-state index is 13.0. The highest BCUT2D eigenvalue weighted by Crippen LogP contribution is 2.45. The number of phosphoric ester groups is 2. The molecule has 0 aromatic rings. The van der Waals surface area contributed by atoms with Gasteiger partial charge in [0.2, 0.25) is 0 Å². The molecule has 0 rings (SSSR count). The van der Waals surface area contributed by atoms with Gasteiger partial charge in [-0.25, -0.2) is 9.13 Å². The summed E-state index contributed by atoms with van der Waals surface area (Å²) in [5.74, 6) is -0.615. The van der Waals surface area contributed by atoms with Crippen molar-refractivity contribution in [3.8, 4) is 0 Å². The fraction of sp³-hybridized carbons (Fsp3) is 0.940. The molecule has 19 heteroatoms. The molecule has 0 heterocycles. The average Bonchev–Trinajstić information content (AvgIpc) is 3.69. The topological polar surface area (TPSA) is 237 Å². The van der Waals surface area contributed by atoms with Crippen LogP contribution in [-0.2, 0) is 65.4 Å². The molecule has 0 bridgehead atoms. The zero-order valence-electron chi connectivity index (χ0n) is 55.6. The molecule has 86 heavy (non-hydrogen) atoms.